The predicted octanol–water partition coefficient (Wildman–Crippen LogP) is 5.51. The number of nitrogens with one attached hydrogen (secondary N) is 1. The van der Waals surface area contributed by atoms with E-state index in [1.165, 1.54) is 0 Å². The minimum Gasteiger partial charge on any atom is -0.416 e. The van der Waals surface area contributed by atoms with E-state index < -0.39 is 8.32 Å². The summed E-state index contributed by atoms with van der Waals surface area (Å²) in [5.74, 6) is 1.91. The monoisotopic (exact) mass is 516 g/mol. The van der Waals surface area contributed by atoms with Crippen LogP contribution in [0.2, 0.25) is 18.1 Å². The van der Waals surface area contributed by atoms with E-state index in [1.54, 1.807) is 0 Å². The second kappa shape index (κ2) is 9.30. The van der Waals surface area contributed by atoms with Crippen LogP contribution in [0.15, 0.2) is 5.16 Å². The average Bonchev–Trinajstić information content (AvgIpc) is 3.44. The van der Waals surface area contributed by atoms with Gasteiger partial charge in [-0.1, -0.05) is 32.9 Å². The molecule has 7 atom stereocenters. The summed E-state index contributed by atoms with van der Waals surface area (Å²) in [5, 5.41) is 8.06. The Morgan fingerprint density at radius 2 is 1.83 bits per heavy atom. The predicted molar refractivity (Wildman–Crippen MR) is 144 cm³/mol. The molecular formula is C29H48N2O4Si. The summed E-state index contributed by atoms with van der Waals surface area (Å²) in [5.41, 5.74) is 0.690. The molecule has 0 aromatic heterocycles. The molecule has 5 rings (SSSR count). The van der Waals surface area contributed by atoms with Gasteiger partial charge in [-0.15, -0.1) is 0 Å². The molecule has 202 valence electrons. The molecule has 0 aromatic rings. The highest BCUT2D eigenvalue weighted by molar-refractivity contribution is 6.74. The lowest BCUT2D eigenvalue weighted by molar-refractivity contribution is -0.160. The van der Waals surface area contributed by atoms with Crippen LogP contribution in [0.5, 0.6) is 0 Å². The quantitative estimate of drug-likeness (QED) is 0.385. The van der Waals surface area contributed by atoms with Crippen LogP contribution in [0.25, 0.3) is 0 Å². The number of Topliss-reactive ketones (excluding diaryl/α,β-unsaturated/α-hetero) is 2. The molecule has 5 aliphatic rings. The van der Waals surface area contributed by atoms with Crippen LogP contribution in [-0.2, 0) is 18.9 Å². The van der Waals surface area contributed by atoms with Crippen molar-refractivity contribution in [2.75, 3.05) is 19.7 Å². The summed E-state index contributed by atoms with van der Waals surface area (Å²) in [6.07, 6.45) is 7.99. The highest BCUT2D eigenvalue weighted by atomic mass is 28.4. The van der Waals surface area contributed by atoms with E-state index in [0.29, 0.717) is 55.2 Å². The molecule has 6 unspecified atom stereocenters. The van der Waals surface area contributed by atoms with Gasteiger partial charge in [-0.3, -0.25) is 9.59 Å². The first-order chi connectivity index (χ1) is 16.9. The topological polar surface area (TPSA) is 77.0 Å². The highest BCUT2D eigenvalue weighted by Gasteiger charge is 2.64. The third-order valence-corrected chi connectivity index (χ3v) is 16.1. The molecule has 0 spiro atoms. The number of carbonyl (C=O) groups excluding carboxylic acids is 2. The molecule has 5 fully saturated rings. The van der Waals surface area contributed by atoms with Crippen molar-refractivity contribution in [1.29, 1.82) is 0 Å². The molecule has 0 amide bonds. The van der Waals surface area contributed by atoms with Crippen molar-refractivity contribution in [3.63, 3.8) is 0 Å². The standard InChI is InChI=1S/C29H48N2O4Si/c1-27(2,3)36(5,6)34-18-29-13-9-19(31-35-20-11-14-30-17-20)15-24(29)25(32)16-21-22-7-8-26(33)28(22,4)12-10-23(21)29/h20-24,30H,7-18H2,1-6H3/t20-,21?,22?,23?,24?,28?,29?/m0/s1. The average molecular weight is 517 g/mol. The van der Waals surface area contributed by atoms with Crippen LogP contribution in [0.4, 0.5) is 0 Å². The molecule has 7 heteroatoms. The van der Waals surface area contributed by atoms with E-state index in [0.717, 1.165) is 57.3 Å². The van der Waals surface area contributed by atoms with E-state index in [2.05, 4.69) is 51.3 Å². The highest BCUT2D eigenvalue weighted by Crippen LogP contribution is 2.65. The van der Waals surface area contributed by atoms with Crippen molar-refractivity contribution in [3.05, 3.63) is 0 Å². The van der Waals surface area contributed by atoms with Gasteiger partial charge >= 0.3 is 0 Å². The Morgan fingerprint density at radius 3 is 2.53 bits per heavy atom. The molecule has 0 bridgehead atoms. The fourth-order valence-electron chi connectivity index (χ4n) is 8.16. The Morgan fingerprint density at radius 1 is 1.06 bits per heavy atom. The molecule has 36 heavy (non-hydrogen) atoms. The van der Waals surface area contributed by atoms with E-state index in [4.69, 9.17) is 9.26 Å². The van der Waals surface area contributed by atoms with Gasteiger partial charge < -0.3 is 14.6 Å². The zero-order valence-corrected chi connectivity index (χ0v) is 24.5. The molecule has 6 nitrogen and oxygen atoms in total. The number of rotatable bonds is 5. The SMILES string of the molecule is CC12CCC3C(CC(=O)C4CC(=NO[C@H]5CCNC5)CCC43CO[Si](C)(C)C(C)(C)C)C1CCC2=O. The number of nitrogens with zero attached hydrogens (tertiary/aromatic N) is 1. The molecule has 0 aromatic carbocycles. The summed E-state index contributed by atoms with van der Waals surface area (Å²) in [6.45, 7) is 16.2. The Hall–Kier alpha value is -1.05. The molecule has 1 aliphatic heterocycles. The maximum absolute atomic E-state index is 14.0. The fraction of sp³-hybridized carbons (Fsp3) is 0.897. The van der Waals surface area contributed by atoms with Gasteiger partial charge in [0.25, 0.3) is 0 Å². The summed E-state index contributed by atoms with van der Waals surface area (Å²) >= 11 is 0. The van der Waals surface area contributed by atoms with Crippen molar-refractivity contribution >= 4 is 25.6 Å². The molecule has 1 heterocycles. The minimum atomic E-state index is -1.98. The smallest absolute Gasteiger partial charge is 0.192 e. The second-order valence-electron chi connectivity index (χ2n) is 14.4. The molecule has 0 radical (unpaired) electrons. The van der Waals surface area contributed by atoms with Crippen molar-refractivity contribution in [2.24, 2.45) is 39.7 Å². The molecule has 4 aliphatic carbocycles. The lowest BCUT2D eigenvalue weighted by Gasteiger charge is -2.60. The first kappa shape index (κ1) is 26.5. The van der Waals surface area contributed by atoms with E-state index in [-0.39, 0.29) is 27.9 Å². The van der Waals surface area contributed by atoms with Crippen LogP contribution in [-0.4, -0.2) is 51.4 Å². The van der Waals surface area contributed by atoms with Gasteiger partial charge in [-0.25, -0.2) is 0 Å². The van der Waals surface area contributed by atoms with Crippen molar-refractivity contribution < 1.29 is 18.9 Å². The van der Waals surface area contributed by atoms with Crippen molar-refractivity contribution in [3.8, 4) is 0 Å². The van der Waals surface area contributed by atoms with Gasteiger partial charge in [-0.05, 0) is 81.0 Å². The van der Waals surface area contributed by atoms with E-state index >= 15 is 0 Å². The van der Waals surface area contributed by atoms with E-state index in [1.807, 2.05) is 0 Å². The first-order valence-corrected chi connectivity index (χ1v) is 17.4. The lowest BCUT2D eigenvalue weighted by Crippen LogP contribution is -2.60. The number of fused-ring (bicyclic) bond motifs is 5. The van der Waals surface area contributed by atoms with Gasteiger partial charge in [0.2, 0.25) is 0 Å². The van der Waals surface area contributed by atoms with E-state index in [9.17, 15) is 9.59 Å². The fourth-order valence-corrected chi connectivity index (χ4v) is 9.23. The van der Waals surface area contributed by atoms with Crippen LogP contribution in [0, 0.1) is 34.5 Å². The summed E-state index contributed by atoms with van der Waals surface area (Å²) in [4.78, 5) is 32.7. The maximum Gasteiger partial charge on any atom is 0.192 e. The first-order valence-electron chi connectivity index (χ1n) is 14.5. The number of oxime groups is 1. The van der Waals surface area contributed by atoms with Gasteiger partial charge in [0.15, 0.2) is 8.32 Å². The molecular weight excluding hydrogens is 468 g/mol. The Bertz CT molecular complexity index is 921. The second-order valence-corrected chi connectivity index (χ2v) is 19.2. The van der Waals surface area contributed by atoms with Crippen LogP contribution >= 0.6 is 0 Å². The Balaban J connectivity index is 1.44. The van der Waals surface area contributed by atoms with Crippen molar-refractivity contribution in [2.45, 2.75) is 110 Å². The lowest BCUT2D eigenvalue weighted by atomic mass is 9.44. The molecule has 1 N–H and O–H groups in total. The third-order valence-electron chi connectivity index (χ3n) is 11.6. The minimum absolute atomic E-state index is 0.0391. The van der Waals surface area contributed by atoms with Crippen molar-refractivity contribution in [1.82, 2.24) is 5.32 Å². The number of carbonyl (C=O) groups is 2. The van der Waals surface area contributed by atoms with Crippen LogP contribution in [0.3, 0.4) is 0 Å². The summed E-state index contributed by atoms with van der Waals surface area (Å²) in [6, 6.07) is 0. The maximum atomic E-state index is 14.0. The number of hydrogen-bond acceptors (Lipinski definition) is 6. The number of hydrogen-bond donors (Lipinski definition) is 1. The van der Waals surface area contributed by atoms with Gasteiger partial charge in [0.1, 0.15) is 17.7 Å². The zero-order chi connectivity index (χ0) is 25.9. The Labute approximate surface area is 218 Å². The van der Waals surface area contributed by atoms with Crippen LogP contribution in [0.1, 0.15) is 85.5 Å². The normalized spacial score (nSPS) is 42.3. The number of ketones is 2. The Kier molecular flexibility index (Phi) is 6.86. The molecule has 4 saturated carbocycles. The largest absolute Gasteiger partial charge is 0.416 e. The van der Waals surface area contributed by atoms with Gasteiger partial charge in [-0.2, -0.15) is 0 Å². The van der Waals surface area contributed by atoms with Gasteiger partial charge in [0.05, 0.1) is 5.71 Å². The summed E-state index contributed by atoms with van der Waals surface area (Å²) < 4.78 is 6.97. The summed E-state index contributed by atoms with van der Waals surface area (Å²) in [7, 11) is -1.98. The van der Waals surface area contributed by atoms with Crippen LogP contribution < -0.4 is 5.32 Å². The third kappa shape index (κ3) is 4.35. The molecule has 1 saturated heterocycles. The zero-order valence-electron chi connectivity index (χ0n) is 23.5. The van der Waals surface area contributed by atoms with Gasteiger partial charge in [0, 0.05) is 49.2 Å².